The highest BCUT2D eigenvalue weighted by atomic mass is 16.7. The van der Waals surface area contributed by atoms with E-state index in [1.165, 1.54) is 148 Å². The van der Waals surface area contributed by atoms with Gasteiger partial charge in [0.1, 0.15) is 18.8 Å². The monoisotopic (exact) mass is 1190 g/mol. The summed E-state index contributed by atoms with van der Waals surface area (Å²) in [5.74, 6) is -3.19. The zero-order chi connectivity index (χ0) is 61.7. The van der Waals surface area contributed by atoms with E-state index < -0.39 is 67.3 Å². The fourth-order valence-electron chi connectivity index (χ4n) is 10.2. The van der Waals surface area contributed by atoms with Crippen molar-refractivity contribution in [1.29, 1.82) is 0 Å². The molecule has 0 radical (unpaired) electrons. The lowest BCUT2D eigenvalue weighted by molar-refractivity contribution is -0.301. The number of carboxylic acid groups (broad SMARTS) is 1. The smallest absolute Gasteiger partial charge is 0.335 e. The lowest BCUT2D eigenvalue weighted by Crippen LogP contribution is -2.61. The van der Waals surface area contributed by atoms with Crippen molar-refractivity contribution in [3.63, 3.8) is 0 Å². The topological polar surface area (TPSA) is 175 Å². The summed E-state index contributed by atoms with van der Waals surface area (Å²) in [5, 5.41) is 31.7. The van der Waals surface area contributed by atoms with E-state index in [0.29, 0.717) is 25.7 Å². The molecule has 12 heteroatoms. The normalized spacial score (nSPS) is 18.0. The summed E-state index contributed by atoms with van der Waals surface area (Å²) in [6.07, 6.45) is 66.9. The number of allylic oxidation sites excluding steroid dienone is 14. The molecule has 6 unspecified atom stereocenters. The van der Waals surface area contributed by atoms with E-state index in [9.17, 15) is 34.5 Å². The van der Waals surface area contributed by atoms with Gasteiger partial charge in [-0.05, 0) is 89.9 Å². The number of carbonyl (C=O) groups is 4. The fourth-order valence-corrected chi connectivity index (χ4v) is 10.2. The van der Waals surface area contributed by atoms with Crippen molar-refractivity contribution in [2.24, 2.45) is 0 Å². The summed E-state index contributed by atoms with van der Waals surface area (Å²) in [4.78, 5) is 51.4. The molecule has 1 aliphatic rings. The van der Waals surface area contributed by atoms with Gasteiger partial charge in [-0.25, -0.2) is 4.79 Å². The Balaban J connectivity index is 2.66. The van der Waals surface area contributed by atoms with Gasteiger partial charge < -0.3 is 39.0 Å². The van der Waals surface area contributed by atoms with Gasteiger partial charge in [0.05, 0.1) is 6.61 Å². The van der Waals surface area contributed by atoms with Crippen LogP contribution in [0.15, 0.2) is 85.1 Å². The van der Waals surface area contributed by atoms with Crippen molar-refractivity contribution >= 4 is 23.9 Å². The molecule has 0 amide bonds. The molecule has 0 saturated carbocycles. The Hall–Kier alpha value is -4.10. The molecule has 0 spiro atoms. The van der Waals surface area contributed by atoms with Crippen LogP contribution in [0.3, 0.4) is 0 Å². The number of hydrogen-bond acceptors (Lipinski definition) is 11. The Morgan fingerprint density at radius 1 is 0.400 bits per heavy atom. The van der Waals surface area contributed by atoms with Gasteiger partial charge in [-0.2, -0.15) is 0 Å². The summed E-state index contributed by atoms with van der Waals surface area (Å²) in [6, 6.07) is 0. The maximum atomic E-state index is 13.2. The molecule has 0 aromatic carbocycles. The summed E-state index contributed by atoms with van der Waals surface area (Å²) in [7, 11) is 0. The van der Waals surface area contributed by atoms with Gasteiger partial charge >= 0.3 is 23.9 Å². The average Bonchev–Trinajstić information content (AvgIpc) is 3.53. The SMILES string of the molecule is CC/C=C\C/C=C\C/C=C\C/C=C\C/C=C\CCCC(=O)OC(COC(=O)CCCCCCCCCCCCCCCCCCCCC)COC1OC(C(=O)O)C(O)C(O)C1OC(=O)CCCCCCCCCCC/C=C\C/C=C\CCCCC. The lowest BCUT2D eigenvalue weighted by atomic mass is 9.98. The second kappa shape index (κ2) is 60.2. The molecule has 85 heavy (non-hydrogen) atoms. The molecule has 0 aromatic rings. The third-order valence-corrected chi connectivity index (χ3v) is 15.5. The van der Waals surface area contributed by atoms with Crippen molar-refractivity contribution in [1.82, 2.24) is 0 Å². The van der Waals surface area contributed by atoms with Crippen molar-refractivity contribution in [2.45, 2.75) is 340 Å². The summed E-state index contributed by atoms with van der Waals surface area (Å²) >= 11 is 0. The highest BCUT2D eigenvalue weighted by Gasteiger charge is 2.50. The van der Waals surface area contributed by atoms with Crippen LogP contribution >= 0.6 is 0 Å². The van der Waals surface area contributed by atoms with Crippen LogP contribution in [0.1, 0.15) is 303 Å². The standard InChI is InChI=1S/C73H124O12/c1-4-7-10-13-16-19-22-25-28-31-33-36-38-41-44-47-50-53-56-59-65(74)81-62-64(83-66(75)60-57-54-51-48-45-42-39-35-30-27-24-21-18-15-12-9-6-3)63-82-73-71(69(78)68(77)70(85-73)72(79)80)84-67(76)61-58-55-52-49-46-43-40-37-34-32-29-26-23-20-17-14-11-8-5-2/h9,12,17-18,20-21,26-27,29-30,39,42,48,51,64,68-71,73,77-78H,4-8,10-11,13-16,19,22-25,28,31-38,40-41,43-47,49-50,52-63H2,1-3H3,(H,79,80)/b12-9-,20-17-,21-18-,29-26-,30-27-,42-39-,51-48-. The third kappa shape index (κ3) is 49.6. The number of hydrogen-bond donors (Lipinski definition) is 3. The minimum Gasteiger partial charge on any atom is -0.479 e. The Morgan fingerprint density at radius 3 is 1.19 bits per heavy atom. The minimum absolute atomic E-state index is 0.0475. The Labute approximate surface area is 518 Å². The van der Waals surface area contributed by atoms with Gasteiger partial charge in [0.15, 0.2) is 24.6 Å². The number of rotatable bonds is 59. The van der Waals surface area contributed by atoms with Gasteiger partial charge in [0.2, 0.25) is 0 Å². The molecule has 0 aromatic heterocycles. The van der Waals surface area contributed by atoms with E-state index >= 15 is 0 Å². The van der Waals surface area contributed by atoms with E-state index in [1.807, 2.05) is 6.08 Å². The number of unbranched alkanes of at least 4 members (excludes halogenated alkanes) is 31. The van der Waals surface area contributed by atoms with Gasteiger partial charge in [0.25, 0.3) is 0 Å². The third-order valence-electron chi connectivity index (χ3n) is 15.5. The number of esters is 3. The van der Waals surface area contributed by atoms with Crippen molar-refractivity contribution in [3.8, 4) is 0 Å². The highest BCUT2D eigenvalue weighted by Crippen LogP contribution is 2.27. The first-order chi connectivity index (χ1) is 41.6. The Bertz CT molecular complexity index is 1800. The number of carbonyl (C=O) groups excluding carboxylic acids is 3. The van der Waals surface area contributed by atoms with Crippen LogP contribution < -0.4 is 0 Å². The van der Waals surface area contributed by atoms with Crippen molar-refractivity contribution in [2.75, 3.05) is 13.2 Å². The van der Waals surface area contributed by atoms with Crippen LogP contribution in [0.5, 0.6) is 0 Å². The lowest BCUT2D eigenvalue weighted by Gasteiger charge is -2.40. The van der Waals surface area contributed by atoms with Crippen LogP contribution in [0.25, 0.3) is 0 Å². The van der Waals surface area contributed by atoms with Gasteiger partial charge in [-0.15, -0.1) is 0 Å². The maximum absolute atomic E-state index is 13.2. The van der Waals surface area contributed by atoms with Gasteiger partial charge in [-0.3, -0.25) is 14.4 Å². The van der Waals surface area contributed by atoms with E-state index in [-0.39, 0.29) is 25.9 Å². The molecule has 3 N–H and O–H groups in total. The van der Waals surface area contributed by atoms with Crippen LogP contribution in [-0.2, 0) is 42.9 Å². The van der Waals surface area contributed by atoms with E-state index in [0.717, 1.165) is 89.9 Å². The van der Waals surface area contributed by atoms with Gasteiger partial charge in [-0.1, -0.05) is 279 Å². The molecule has 0 bridgehead atoms. The molecule has 0 aliphatic carbocycles. The number of ether oxygens (including phenoxy) is 5. The Morgan fingerprint density at radius 2 is 0.753 bits per heavy atom. The molecule has 12 nitrogen and oxygen atoms in total. The number of aliphatic carboxylic acids is 1. The minimum atomic E-state index is -1.92. The molecular weight excluding hydrogens is 1070 g/mol. The predicted octanol–water partition coefficient (Wildman–Crippen LogP) is 19.0. The summed E-state index contributed by atoms with van der Waals surface area (Å²) < 4.78 is 28.5. The highest BCUT2D eigenvalue weighted by molar-refractivity contribution is 5.74. The van der Waals surface area contributed by atoms with Crippen LogP contribution in [-0.4, -0.2) is 89.2 Å². The molecular formula is C73H124O12. The van der Waals surface area contributed by atoms with Crippen LogP contribution in [0.2, 0.25) is 0 Å². The van der Waals surface area contributed by atoms with E-state index in [4.69, 9.17) is 23.7 Å². The first-order valence-corrected chi connectivity index (χ1v) is 34.6. The first-order valence-electron chi connectivity index (χ1n) is 34.6. The second-order valence-electron chi connectivity index (χ2n) is 23.4. The number of aliphatic hydroxyl groups is 2. The number of carboxylic acids is 1. The average molecular weight is 1190 g/mol. The first kappa shape index (κ1) is 78.9. The largest absolute Gasteiger partial charge is 0.479 e. The summed E-state index contributed by atoms with van der Waals surface area (Å²) in [5.41, 5.74) is 0. The van der Waals surface area contributed by atoms with E-state index in [2.05, 4.69) is 99.8 Å². The van der Waals surface area contributed by atoms with Crippen LogP contribution in [0.4, 0.5) is 0 Å². The van der Waals surface area contributed by atoms with Gasteiger partial charge in [0, 0.05) is 19.3 Å². The molecule has 6 atom stereocenters. The number of aliphatic hydroxyl groups excluding tert-OH is 2. The predicted molar refractivity (Wildman–Crippen MR) is 349 cm³/mol. The zero-order valence-corrected chi connectivity index (χ0v) is 54.1. The molecule has 1 heterocycles. The Kier molecular flexibility index (Phi) is 55.9. The van der Waals surface area contributed by atoms with Crippen molar-refractivity contribution < 1.29 is 58.2 Å². The molecule has 1 rings (SSSR count). The fraction of sp³-hybridized carbons (Fsp3) is 0.753. The molecule has 1 saturated heterocycles. The molecule has 1 aliphatic heterocycles. The quantitative estimate of drug-likeness (QED) is 0.0228. The van der Waals surface area contributed by atoms with Crippen LogP contribution in [0, 0.1) is 0 Å². The molecule has 488 valence electrons. The van der Waals surface area contributed by atoms with Crippen molar-refractivity contribution in [3.05, 3.63) is 85.1 Å². The summed E-state index contributed by atoms with van der Waals surface area (Å²) in [6.45, 7) is 5.86. The maximum Gasteiger partial charge on any atom is 0.335 e. The second-order valence-corrected chi connectivity index (χ2v) is 23.4. The molecule has 1 fully saturated rings. The zero-order valence-electron chi connectivity index (χ0n) is 54.1. The van der Waals surface area contributed by atoms with E-state index in [1.54, 1.807) is 0 Å².